The number of likely N-dealkylation sites (N-methyl/N-ethyl adjacent to an activating group) is 2. The van der Waals surface area contributed by atoms with Crippen LogP contribution >= 0.6 is 12.4 Å². The molecule has 19 rings (SSSR count). The second kappa shape index (κ2) is 48.9. The number of carboxylic acids is 2. The fourth-order valence-electron chi connectivity index (χ4n) is 16.9. The summed E-state index contributed by atoms with van der Waals surface area (Å²) in [6.07, 6.45) is 11.0. The Morgan fingerprint density at radius 2 is 0.787 bits per heavy atom. The molecule has 712 valence electrons. The molecular weight excluding hydrogens is 1770 g/mol. The molecule has 136 heavy (non-hydrogen) atoms. The standard InChI is InChI=1S/C22H21N5O3.C14H17N3O3.C14H15N3O2.C12H11N3O2.C10H12N2O2.C10H12N2O.C10H10O2.C6H10O4.ClH/c1-27-17-8-4-5-9-18(17)30-12-16(22(27)29)23-21(28)20-24-19(25-26-20)15-11-10-13-6-2-3-7-14(13)15;1-2-20-14(19)12(15)16-17-13(18)11-8-7-9-5-3-4-6-10(9)11;1-2-19-14(18)13-15-12(16-17-13)11-8-7-9-5-3-4-6-10(9)11;16-12(17)11-13-10(14-15-11)9-6-5-7-3-1-2-4-8(7)9;1-12-8-4-2-3-5-9(8)14-6-7(11)10(12)13;11-12-10(13)9-6-5-7-3-1-2-4-8(7)9;11-10(12)9-6-5-7-3-1-2-4-8(7)9;1-3-9-5(7)6(8)10-4-2;/h2-9,15-16H,10-12H2,1H3,(H,23,28)(H,24,25,26);3-6,11H,2,7-8H2,1H3,(H2,15,16)(H,17,18);3-6,11H,2,7-8H2,1H3,(H,15,16,17);1-4,9H,5-6H2,(H,16,17)(H,13,14,15);2-5,7H,6,11H2,1H3;1-4,9H,5-6,11H2,(H,12,13);1-4,9H,5-6H2,(H,11,12);3-4H2,1-2H3;1H/t15?,16-;;;;7-;;;;/m0...0..../s1. The van der Waals surface area contributed by atoms with Gasteiger partial charge in [0.1, 0.15) is 54.3 Å². The number of aromatic amines is 3. The summed E-state index contributed by atoms with van der Waals surface area (Å²) in [7, 11) is 3.37. The Hall–Kier alpha value is -15.4. The molecule has 0 saturated carbocycles. The molecule has 3 aromatic heterocycles. The minimum atomic E-state index is -1.10. The van der Waals surface area contributed by atoms with Crippen LogP contribution in [0.25, 0.3) is 0 Å². The molecule has 0 saturated heterocycles. The van der Waals surface area contributed by atoms with Crippen molar-refractivity contribution in [2.45, 2.75) is 152 Å². The van der Waals surface area contributed by atoms with E-state index in [1.165, 1.54) is 59.9 Å². The second-order valence-electron chi connectivity index (χ2n) is 31.9. The summed E-state index contributed by atoms with van der Waals surface area (Å²) < 4.78 is 29.4. The molecular formula is C98H109ClN18O19. The van der Waals surface area contributed by atoms with Gasteiger partial charge in [0, 0.05) is 31.8 Å². The largest absolute Gasteiger partial charge is 0.489 e. The number of halogens is 1. The number of aryl methyl sites for hydroxylation is 6. The van der Waals surface area contributed by atoms with Crippen molar-refractivity contribution < 1.29 is 91.4 Å². The van der Waals surface area contributed by atoms with E-state index in [9.17, 15) is 52.7 Å². The molecule has 0 fully saturated rings. The van der Waals surface area contributed by atoms with Crippen molar-refractivity contribution in [3.63, 3.8) is 0 Å². The maximum absolute atomic E-state index is 12.8. The van der Waals surface area contributed by atoms with Crippen LogP contribution in [-0.4, -0.2) is 193 Å². The number of nitrogens with zero attached hydrogens (tertiary/aromatic N) is 9. The van der Waals surface area contributed by atoms with Crippen molar-refractivity contribution in [1.82, 2.24) is 61.7 Å². The van der Waals surface area contributed by atoms with Crippen LogP contribution in [-0.2, 0) is 95.8 Å². The summed E-state index contributed by atoms with van der Waals surface area (Å²) in [5.74, 6) is 1.90. The molecule has 0 spiro atoms. The number of carboxylic acid groups (broad SMARTS) is 2. The van der Waals surface area contributed by atoms with Gasteiger partial charge >= 0.3 is 35.8 Å². The molecule has 14 N–H and O–H groups in total. The second-order valence-corrected chi connectivity index (χ2v) is 31.9. The lowest BCUT2D eigenvalue weighted by molar-refractivity contribution is -0.167. The van der Waals surface area contributed by atoms with Crippen LogP contribution in [0.4, 0.5) is 11.4 Å². The van der Waals surface area contributed by atoms with Gasteiger partial charge < -0.3 is 65.2 Å². The number of nitrogens with one attached hydrogen (secondary N) is 6. The molecule has 38 heteroatoms. The quantitative estimate of drug-likeness (QED) is 0.00664. The Morgan fingerprint density at radius 3 is 1.21 bits per heavy atom. The lowest BCUT2D eigenvalue weighted by Gasteiger charge is -2.19. The summed E-state index contributed by atoms with van der Waals surface area (Å²) in [6.45, 7) is 7.87. The maximum atomic E-state index is 12.8. The minimum Gasteiger partial charge on any atom is -0.489 e. The predicted molar refractivity (Wildman–Crippen MR) is 501 cm³/mol. The fourth-order valence-corrected chi connectivity index (χ4v) is 16.9. The number of amides is 5. The highest BCUT2D eigenvalue weighted by Gasteiger charge is 2.37. The molecule has 5 amide bonds. The van der Waals surface area contributed by atoms with Crippen LogP contribution in [0, 0.1) is 0 Å². The number of anilines is 2. The van der Waals surface area contributed by atoms with E-state index in [1.54, 1.807) is 53.9 Å². The van der Waals surface area contributed by atoms with Gasteiger partial charge in [-0.1, -0.05) is 170 Å². The molecule has 0 radical (unpaired) electrons. The monoisotopic (exact) mass is 1880 g/mol. The van der Waals surface area contributed by atoms with Gasteiger partial charge in [0.05, 0.1) is 55.6 Å². The van der Waals surface area contributed by atoms with Crippen molar-refractivity contribution in [1.29, 1.82) is 0 Å². The number of aromatic carboxylic acids is 1. The van der Waals surface area contributed by atoms with Crippen molar-refractivity contribution >= 4 is 95.0 Å². The molecule has 2 aliphatic heterocycles. The van der Waals surface area contributed by atoms with Gasteiger partial charge in [-0.3, -0.25) is 49.5 Å². The number of ether oxygens (including phenoxy) is 6. The third-order valence-electron chi connectivity index (χ3n) is 23.6. The van der Waals surface area contributed by atoms with Crippen molar-refractivity contribution in [3.8, 4) is 11.5 Å². The zero-order valence-electron chi connectivity index (χ0n) is 75.8. The van der Waals surface area contributed by atoms with Crippen molar-refractivity contribution in [2.24, 2.45) is 22.4 Å². The SMILES string of the molecule is CCOC(=O)/C(N)=N/NC(=O)C1CCc2ccccc21.CCOC(=O)C(=O)OCC.CCOC(=O)c1n[nH]c(C2CCc3ccccc32)n1.CN1C(=O)[C@@H](N)COc2ccccc21.CN1C(=O)[C@@H](NC(=O)c2n[nH]c(C3CCc4ccccc43)n2)COc2ccccc21.Cl.NNC(=O)C1CCc2ccccc21.O=C(O)C1CCc2ccccc21.O=C(O)c1n[nH]c(C2CCc3ccccc32)n1. The first kappa shape index (κ1) is 101. The van der Waals surface area contributed by atoms with Gasteiger partial charge in [-0.25, -0.2) is 50.2 Å². The van der Waals surface area contributed by atoms with Crippen LogP contribution in [0.1, 0.15) is 218 Å². The number of rotatable bonds is 15. The summed E-state index contributed by atoms with van der Waals surface area (Å²) in [4.78, 5) is 141. The summed E-state index contributed by atoms with van der Waals surface area (Å²) in [6, 6.07) is 61.6. The highest BCUT2D eigenvalue weighted by molar-refractivity contribution is 6.34. The zero-order valence-corrected chi connectivity index (χ0v) is 76.6. The molecule has 6 aliphatic carbocycles. The number of H-pyrrole nitrogens is 3. The van der Waals surface area contributed by atoms with Crippen LogP contribution in [0.3, 0.4) is 0 Å². The highest BCUT2D eigenvalue weighted by atomic mass is 35.5. The lowest BCUT2D eigenvalue weighted by Crippen LogP contribution is -2.49. The number of para-hydroxylation sites is 4. The van der Waals surface area contributed by atoms with E-state index >= 15 is 0 Å². The number of hydrazine groups is 1. The Balaban J connectivity index is 0.000000153. The number of hydrazone groups is 1. The number of aromatic nitrogens is 9. The van der Waals surface area contributed by atoms with E-state index in [-0.39, 0.29) is 128 Å². The Labute approximate surface area is 789 Å². The van der Waals surface area contributed by atoms with Crippen LogP contribution in [0.15, 0.2) is 199 Å². The molecule has 11 aromatic rings. The summed E-state index contributed by atoms with van der Waals surface area (Å²) in [5, 5.41) is 44.2. The first-order valence-electron chi connectivity index (χ1n) is 44.4. The predicted octanol–water partition coefficient (Wildman–Crippen LogP) is 9.76. The van der Waals surface area contributed by atoms with E-state index in [4.69, 9.17) is 41.7 Å². The molecule has 6 unspecified atom stereocenters. The number of aliphatic carboxylic acids is 1. The minimum absolute atomic E-state index is 0. The molecule has 5 heterocycles. The first-order valence-corrected chi connectivity index (χ1v) is 44.4. The highest BCUT2D eigenvalue weighted by Crippen LogP contribution is 2.41. The number of benzene rings is 8. The van der Waals surface area contributed by atoms with Crippen molar-refractivity contribution in [2.75, 3.05) is 63.5 Å². The maximum Gasteiger partial charge on any atom is 0.417 e. The average molecular weight is 1880 g/mol. The third kappa shape index (κ3) is 25.3. The van der Waals surface area contributed by atoms with E-state index in [0.717, 1.165) is 105 Å². The van der Waals surface area contributed by atoms with Gasteiger partial charge in [0.25, 0.3) is 23.5 Å². The summed E-state index contributed by atoms with van der Waals surface area (Å²) >= 11 is 0. The Kier molecular flexibility index (Phi) is 36.3. The van der Waals surface area contributed by atoms with Gasteiger partial charge in [-0.2, -0.15) is 0 Å². The third-order valence-corrected chi connectivity index (χ3v) is 23.6. The average Bonchev–Trinajstić information content (AvgIpc) is 1.66. The number of esters is 4. The molecule has 37 nitrogen and oxygen atoms in total. The van der Waals surface area contributed by atoms with E-state index in [2.05, 4.69) is 123 Å². The van der Waals surface area contributed by atoms with Crippen LogP contribution < -0.4 is 52.8 Å². The molecule has 8 aromatic carbocycles. The Morgan fingerprint density at radius 1 is 0.441 bits per heavy atom. The smallest absolute Gasteiger partial charge is 0.417 e. The summed E-state index contributed by atoms with van der Waals surface area (Å²) in [5.41, 5.74) is 31.5. The first-order chi connectivity index (χ1) is 65.3. The van der Waals surface area contributed by atoms with E-state index in [1.807, 2.05) is 140 Å². The fraction of sp³-hybridized carbons (Fsp3) is 0.327. The number of hydrogen-bond donors (Lipinski definition) is 11. The number of carbonyl (C=O) groups is 11. The number of carbonyl (C=O) groups excluding carboxylic acids is 9. The van der Waals surface area contributed by atoms with Gasteiger partial charge in [-0.05, 0) is 196 Å². The van der Waals surface area contributed by atoms with Gasteiger partial charge in [-0.15, -0.1) is 32.8 Å². The number of hydrogen-bond acceptors (Lipinski definition) is 26. The van der Waals surface area contributed by atoms with Crippen LogP contribution in [0.2, 0.25) is 0 Å². The van der Waals surface area contributed by atoms with Gasteiger partial charge in [0.2, 0.25) is 29.4 Å². The number of nitrogens with two attached hydrogens (primary N) is 3. The number of fused-ring (bicyclic) bond motifs is 8. The zero-order chi connectivity index (χ0) is 96.2. The topological polar surface area (TPSA) is 541 Å². The van der Waals surface area contributed by atoms with E-state index in [0.29, 0.717) is 35.4 Å². The van der Waals surface area contributed by atoms with Crippen molar-refractivity contribution in [3.05, 3.63) is 296 Å². The number of amidine groups is 1. The van der Waals surface area contributed by atoms with E-state index < -0.39 is 53.8 Å². The molecule has 8 aliphatic rings. The van der Waals surface area contributed by atoms with Crippen LogP contribution in [0.5, 0.6) is 11.5 Å². The normalized spacial score (nSPS) is 18.2. The van der Waals surface area contributed by atoms with Gasteiger partial charge in [0.15, 0.2) is 0 Å². The molecule has 0 bridgehead atoms. The Bertz CT molecular complexity index is 6080. The molecule has 8 atom stereocenters. The lowest BCUT2D eigenvalue weighted by atomic mass is 10.0.